The van der Waals surface area contributed by atoms with Crippen LogP contribution in [0.3, 0.4) is 0 Å². The predicted octanol–water partition coefficient (Wildman–Crippen LogP) is 2.98. The number of carbonyl (C=O) groups excluding carboxylic acids is 1. The molecular formula is C22H25N2OS+. The van der Waals surface area contributed by atoms with E-state index in [0.29, 0.717) is 6.54 Å². The Morgan fingerprint density at radius 2 is 1.77 bits per heavy atom. The van der Waals surface area contributed by atoms with E-state index in [9.17, 15) is 4.79 Å². The number of rotatable bonds is 7. The average molecular weight is 366 g/mol. The average Bonchev–Trinajstić information content (AvgIpc) is 3.17. The Labute approximate surface area is 159 Å². The van der Waals surface area contributed by atoms with Crippen LogP contribution in [-0.2, 0) is 11.3 Å². The summed E-state index contributed by atoms with van der Waals surface area (Å²) < 4.78 is 0. The zero-order valence-corrected chi connectivity index (χ0v) is 16.1. The minimum atomic E-state index is -0.0872. The normalized spacial score (nSPS) is 13.2. The van der Waals surface area contributed by atoms with Gasteiger partial charge in [0.2, 0.25) is 0 Å². The molecule has 4 heteroatoms. The molecule has 2 aromatic carbocycles. The van der Waals surface area contributed by atoms with Crippen molar-refractivity contribution in [3.8, 4) is 0 Å². The monoisotopic (exact) mass is 365 g/mol. The Morgan fingerprint density at radius 1 is 1.04 bits per heavy atom. The van der Waals surface area contributed by atoms with Crippen LogP contribution in [0, 0.1) is 6.92 Å². The van der Waals surface area contributed by atoms with Gasteiger partial charge < -0.3 is 10.2 Å². The predicted molar refractivity (Wildman–Crippen MR) is 107 cm³/mol. The first-order valence-electron chi connectivity index (χ1n) is 8.86. The van der Waals surface area contributed by atoms with Crippen LogP contribution < -0.4 is 10.2 Å². The van der Waals surface area contributed by atoms with Crippen molar-refractivity contribution in [3.63, 3.8) is 0 Å². The summed E-state index contributed by atoms with van der Waals surface area (Å²) in [6, 6.07) is 22.7. The van der Waals surface area contributed by atoms with Crippen LogP contribution >= 0.6 is 11.3 Å². The van der Waals surface area contributed by atoms with Crippen molar-refractivity contribution in [1.29, 1.82) is 0 Å². The minimum Gasteiger partial charge on any atom is -0.339 e. The molecule has 1 heterocycles. The molecule has 3 rings (SSSR count). The van der Waals surface area contributed by atoms with Crippen molar-refractivity contribution < 1.29 is 9.69 Å². The highest BCUT2D eigenvalue weighted by Gasteiger charge is 2.19. The molecule has 0 bridgehead atoms. The van der Waals surface area contributed by atoms with Gasteiger partial charge in [-0.1, -0.05) is 66.2 Å². The number of aryl methyl sites for hydroxylation is 1. The topological polar surface area (TPSA) is 33.5 Å². The summed E-state index contributed by atoms with van der Waals surface area (Å²) in [5.41, 5.74) is 3.61. The second-order valence-electron chi connectivity index (χ2n) is 6.72. The van der Waals surface area contributed by atoms with Crippen molar-refractivity contribution in [2.24, 2.45) is 0 Å². The fourth-order valence-corrected chi connectivity index (χ4v) is 3.83. The third kappa shape index (κ3) is 5.04. The zero-order chi connectivity index (χ0) is 18.4. The first kappa shape index (κ1) is 18.4. The maximum atomic E-state index is 12.6. The highest BCUT2D eigenvalue weighted by molar-refractivity contribution is 7.10. The lowest BCUT2D eigenvalue weighted by Gasteiger charge is -2.20. The maximum Gasteiger partial charge on any atom is 0.275 e. The number of likely N-dealkylation sites (N-methyl/N-ethyl adjacent to an activating group) is 1. The molecule has 0 aliphatic rings. The molecular weight excluding hydrogens is 340 g/mol. The van der Waals surface area contributed by atoms with Crippen LogP contribution in [0.4, 0.5) is 0 Å². The highest BCUT2D eigenvalue weighted by Crippen LogP contribution is 2.25. The molecule has 0 aliphatic carbocycles. The molecule has 134 valence electrons. The first-order chi connectivity index (χ1) is 12.6. The SMILES string of the molecule is Cc1ccc(C[NH+](C)CC(=O)N[C@@H](c2ccccc2)c2cccs2)cc1. The lowest BCUT2D eigenvalue weighted by atomic mass is 10.1. The van der Waals surface area contributed by atoms with Gasteiger partial charge in [-0.25, -0.2) is 0 Å². The molecule has 1 amide bonds. The van der Waals surface area contributed by atoms with Crippen molar-refractivity contribution in [2.45, 2.75) is 19.5 Å². The molecule has 2 atom stereocenters. The second kappa shape index (κ2) is 8.79. The fourth-order valence-electron chi connectivity index (χ4n) is 3.02. The molecule has 0 radical (unpaired) electrons. The molecule has 3 nitrogen and oxygen atoms in total. The van der Waals surface area contributed by atoms with Crippen LogP contribution in [0.1, 0.15) is 27.6 Å². The van der Waals surface area contributed by atoms with Gasteiger partial charge in [0.1, 0.15) is 6.54 Å². The van der Waals surface area contributed by atoms with Gasteiger partial charge in [0.15, 0.2) is 6.54 Å². The molecule has 26 heavy (non-hydrogen) atoms. The van der Waals surface area contributed by atoms with Gasteiger partial charge in [-0.05, 0) is 23.9 Å². The Morgan fingerprint density at radius 3 is 2.42 bits per heavy atom. The van der Waals surface area contributed by atoms with E-state index < -0.39 is 0 Å². The van der Waals surface area contributed by atoms with Gasteiger partial charge >= 0.3 is 0 Å². The van der Waals surface area contributed by atoms with Gasteiger partial charge in [0, 0.05) is 10.4 Å². The number of hydrogen-bond acceptors (Lipinski definition) is 2. The van der Waals surface area contributed by atoms with E-state index in [1.165, 1.54) is 16.0 Å². The van der Waals surface area contributed by atoms with E-state index in [0.717, 1.165) is 17.0 Å². The van der Waals surface area contributed by atoms with Crippen molar-refractivity contribution in [2.75, 3.05) is 13.6 Å². The number of amides is 1. The van der Waals surface area contributed by atoms with E-state index in [1.807, 2.05) is 29.6 Å². The van der Waals surface area contributed by atoms with E-state index in [2.05, 4.69) is 61.8 Å². The summed E-state index contributed by atoms with van der Waals surface area (Å²) in [5.74, 6) is 0.0665. The quantitative estimate of drug-likeness (QED) is 0.663. The summed E-state index contributed by atoms with van der Waals surface area (Å²) in [5, 5.41) is 5.26. The summed E-state index contributed by atoms with van der Waals surface area (Å²) >= 11 is 1.67. The molecule has 0 fully saturated rings. The number of benzene rings is 2. The number of carbonyl (C=O) groups is 1. The Hall–Kier alpha value is -2.43. The standard InChI is InChI=1S/C22H24N2OS/c1-17-10-12-18(13-11-17)15-24(2)16-21(25)23-22(20-9-6-14-26-20)19-7-4-3-5-8-19/h3-14,22H,15-16H2,1-2H3,(H,23,25)/p+1/t22-/m0/s1. The van der Waals surface area contributed by atoms with E-state index in [-0.39, 0.29) is 11.9 Å². The second-order valence-corrected chi connectivity index (χ2v) is 7.70. The van der Waals surface area contributed by atoms with E-state index >= 15 is 0 Å². The summed E-state index contributed by atoms with van der Waals surface area (Å²) in [4.78, 5) is 15.0. The highest BCUT2D eigenvalue weighted by atomic mass is 32.1. The largest absolute Gasteiger partial charge is 0.339 e. The van der Waals surface area contributed by atoms with Gasteiger partial charge in [0.25, 0.3) is 5.91 Å². The Balaban J connectivity index is 1.63. The molecule has 2 N–H and O–H groups in total. The van der Waals surface area contributed by atoms with Crippen molar-refractivity contribution in [3.05, 3.63) is 93.7 Å². The number of quaternary nitrogens is 1. The molecule has 0 saturated heterocycles. The summed E-state index contributed by atoms with van der Waals surface area (Å²) in [6.07, 6.45) is 0. The Bertz CT molecular complexity index is 813. The van der Waals surface area contributed by atoms with Crippen LogP contribution in [0.2, 0.25) is 0 Å². The smallest absolute Gasteiger partial charge is 0.275 e. The fraction of sp³-hybridized carbons (Fsp3) is 0.227. The molecule has 3 aromatic rings. The molecule has 0 aliphatic heterocycles. The third-order valence-corrected chi connectivity index (χ3v) is 5.29. The lowest BCUT2D eigenvalue weighted by Crippen LogP contribution is -3.08. The summed E-state index contributed by atoms with van der Waals surface area (Å²) in [7, 11) is 2.06. The zero-order valence-electron chi connectivity index (χ0n) is 15.2. The van der Waals surface area contributed by atoms with E-state index in [4.69, 9.17) is 0 Å². The lowest BCUT2D eigenvalue weighted by molar-refractivity contribution is -0.885. The van der Waals surface area contributed by atoms with Crippen LogP contribution in [0.25, 0.3) is 0 Å². The minimum absolute atomic E-state index is 0.0665. The van der Waals surface area contributed by atoms with Crippen LogP contribution in [0.5, 0.6) is 0 Å². The Kier molecular flexibility index (Phi) is 6.21. The summed E-state index contributed by atoms with van der Waals surface area (Å²) in [6.45, 7) is 3.37. The number of nitrogens with one attached hydrogen (secondary N) is 2. The van der Waals surface area contributed by atoms with Gasteiger partial charge in [-0.15, -0.1) is 11.3 Å². The molecule has 1 aromatic heterocycles. The molecule has 0 spiro atoms. The van der Waals surface area contributed by atoms with Gasteiger partial charge in [-0.2, -0.15) is 0 Å². The molecule has 0 saturated carbocycles. The maximum absolute atomic E-state index is 12.6. The number of thiophene rings is 1. The van der Waals surface area contributed by atoms with Crippen molar-refractivity contribution >= 4 is 17.2 Å². The third-order valence-electron chi connectivity index (χ3n) is 4.35. The van der Waals surface area contributed by atoms with Crippen molar-refractivity contribution in [1.82, 2.24) is 5.32 Å². The number of hydrogen-bond donors (Lipinski definition) is 2. The van der Waals surface area contributed by atoms with Crippen LogP contribution in [-0.4, -0.2) is 19.5 Å². The van der Waals surface area contributed by atoms with Gasteiger partial charge in [-0.3, -0.25) is 4.79 Å². The van der Waals surface area contributed by atoms with E-state index in [1.54, 1.807) is 11.3 Å². The van der Waals surface area contributed by atoms with Gasteiger partial charge in [0.05, 0.1) is 13.1 Å². The first-order valence-corrected chi connectivity index (χ1v) is 9.74. The molecule has 1 unspecified atom stereocenters. The van der Waals surface area contributed by atoms with Crippen LogP contribution in [0.15, 0.2) is 72.1 Å².